The summed E-state index contributed by atoms with van der Waals surface area (Å²) in [5.41, 5.74) is 3.31. The molecule has 2 aromatic heterocycles. The third kappa shape index (κ3) is 4.81. The van der Waals surface area contributed by atoms with Gasteiger partial charge in [0.15, 0.2) is 0 Å². The minimum absolute atomic E-state index is 0.127. The Kier molecular flexibility index (Phi) is 5.98. The summed E-state index contributed by atoms with van der Waals surface area (Å²) in [6, 6.07) is 19.8. The number of nitrogens with one attached hydrogen (secondary N) is 1. The van der Waals surface area contributed by atoms with Gasteiger partial charge in [0.1, 0.15) is 5.82 Å². The molecule has 30 heavy (non-hydrogen) atoms. The van der Waals surface area contributed by atoms with Crippen LogP contribution in [0.3, 0.4) is 0 Å². The normalized spacial score (nSPS) is 10.8. The number of hydrogen-bond donors (Lipinski definition) is 1. The van der Waals surface area contributed by atoms with Crippen molar-refractivity contribution in [3.63, 3.8) is 0 Å². The van der Waals surface area contributed by atoms with Crippen LogP contribution in [0.2, 0.25) is 0 Å². The molecule has 0 unspecified atom stereocenters. The quantitative estimate of drug-likeness (QED) is 0.480. The zero-order chi connectivity index (χ0) is 20.8. The summed E-state index contributed by atoms with van der Waals surface area (Å²) in [6.07, 6.45) is 3.31. The third-order valence-electron chi connectivity index (χ3n) is 4.81. The lowest BCUT2D eigenvalue weighted by Gasteiger charge is -2.09. The van der Waals surface area contributed by atoms with Crippen LogP contribution in [0, 0.1) is 0 Å². The summed E-state index contributed by atoms with van der Waals surface area (Å²) in [7, 11) is 0. The topological polar surface area (TPSA) is 85.8 Å². The Hall–Kier alpha value is -3.74. The summed E-state index contributed by atoms with van der Waals surface area (Å²) >= 11 is 0. The van der Waals surface area contributed by atoms with Crippen LogP contribution in [0.4, 0.5) is 5.82 Å². The molecule has 0 spiro atoms. The number of carbonyl (C=O) groups excluding carboxylic acids is 1. The number of rotatable bonds is 8. The smallest absolute Gasteiger partial charge is 0.227 e. The molecule has 7 nitrogen and oxygen atoms in total. The van der Waals surface area contributed by atoms with Crippen molar-refractivity contribution in [2.45, 2.75) is 32.7 Å². The van der Waals surface area contributed by atoms with Crippen molar-refractivity contribution in [3.05, 3.63) is 83.9 Å². The summed E-state index contributed by atoms with van der Waals surface area (Å²) < 4.78 is 7.04. The summed E-state index contributed by atoms with van der Waals surface area (Å²) in [6.45, 7) is 2.73. The maximum atomic E-state index is 12.4. The van der Waals surface area contributed by atoms with Crippen LogP contribution >= 0.6 is 0 Å². The number of hydrogen-bond acceptors (Lipinski definition) is 5. The van der Waals surface area contributed by atoms with E-state index in [1.165, 1.54) is 5.56 Å². The van der Waals surface area contributed by atoms with Gasteiger partial charge in [0.25, 0.3) is 0 Å². The molecule has 0 aliphatic heterocycles. The number of aromatic nitrogens is 4. The van der Waals surface area contributed by atoms with E-state index in [2.05, 4.69) is 51.7 Å². The maximum absolute atomic E-state index is 12.4. The van der Waals surface area contributed by atoms with E-state index in [1.807, 2.05) is 30.3 Å². The Labute approximate surface area is 174 Å². The minimum Gasteiger partial charge on any atom is -0.339 e. The van der Waals surface area contributed by atoms with E-state index < -0.39 is 0 Å². The number of nitrogens with zero attached hydrogens (tertiary/aromatic N) is 4. The van der Waals surface area contributed by atoms with Crippen LogP contribution in [-0.2, 0) is 24.2 Å². The SMILES string of the molecule is CCc1ccc(Cn2nccc2NC(=O)CCc2nc(-c3ccccc3)no2)cc1. The van der Waals surface area contributed by atoms with Gasteiger partial charge in [-0.05, 0) is 17.5 Å². The van der Waals surface area contributed by atoms with Crippen LogP contribution in [0.1, 0.15) is 30.4 Å². The van der Waals surface area contributed by atoms with E-state index in [0.29, 0.717) is 30.5 Å². The Morgan fingerprint density at radius 1 is 1.03 bits per heavy atom. The fourth-order valence-electron chi connectivity index (χ4n) is 3.10. The first-order chi connectivity index (χ1) is 14.7. The molecular formula is C23H23N5O2. The van der Waals surface area contributed by atoms with Crippen LogP contribution in [-0.4, -0.2) is 25.8 Å². The molecule has 0 radical (unpaired) electrons. The van der Waals surface area contributed by atoms with Gasteiger partial charge in [-0.3, -0.25) is 4.79 Å². The molecule has 7 heteroatoms. The molecule has 152 valence electrons. The van der Waals surface area contributed by atoms with E-state index in [1.54, 1.807) is 16.9 Å². The number of anilines is 1. The van der Waals surface area contributed by atoms with Gasteiger partial charge in [0, 0.05) is 24.5 Å². The third-order valence-corrected chi connectivity index (χ3v) is 4.81. The molecule has 0 aliphatic carbocycles. The second kappa shape index (κ2) is 9.17. The Morgan fingerprint density at radius 2 is 1.80 bits per heavy atom. The molecule has 2 heterocycles. The molecule has 0 atom stereocenters. The molecule has 1 N–H and O–H groups in total. The molecule has 0 saturated heterocycles. The average Bonchev–Trinajstić information content (AvgIpc) is 3.43. The van der Waals surface area contributed by atoms with Crippen molar-refractivity contribution in [1.82, 2.24) is 19.9 Å². The molecule has 4 rings (SSSR count). The second-order valence-electron chi connectivity index (χ2n) is 6.97. The standard InChI is InChI=1S/C23H23N5O2/c1-2-17-8-10-18(11-9-17)16-28-20(14-15-24-28)25-21(29)12-13-22-26-23(27-30-22)19-6-4-3-5-7-19/h3-11,14-15H,2,12-13,16H2,1H3,(H,25,29). The largest absolute Gasteiger partial charge is 0.339 e. The molecule has 1 amide bonds. The van der Waals surface area contributed by atoms with Gasteiger partial charge < -0.3 is 9.84 Å². The van der Waals surface area contributed by atoms with Crippen molar-refractivity contribution >= 4 is 11.7 Å². The van der Waals surface area contributed by atoms with Crippen molar-refractivity contribution in [2.24, 2.45) is 0 Å². The Balaban J connectivity index is 1.33. The van der Waals surface area contributed by atoms with Crippen molar-refractivity contribution in [2.75, 3.05) is 5.32 Å². The number of amides is 1. The fraction of sp³-hybridized carbons (Fsp3) is 0.217. The lowest BCUT2D eigenvalue weighted by atomic mass is 10.1. The predicted octanol–water partition coefficient (Wildman–Crippen LogP) is 4.12. The highest BCUT2D eigenvalue weighted by Gasteiger charge is 2.12. The first-order valence-corrected chi connectivity index (χ1v) is 9.99. The second-order valence-corrected chi connectivity index (χ2v) is 6.97. The van der Waals surface area contributed by atoms with Crippen molar-refractivity contribution in [3.8, 4) is 11.4 Å². The van der Waals surface area contributed by atoms with Gasteiger partial charge in [-0.1, -0.05) is 66.7 Å². The summed E-state index contributed by atoms with van der Waals surface area (Å²) in [5, 5.41) is 11.2. The molecule has 4 aromatic rings. The number of aryl methyl sites for hydroxylation is 2. The van der Waals surface area contributed by atoms with E-state index in [-0.39, 0.29) is 12.3 Å². The van der Waals surface area contributed by atoms with Crippen molar-refractivity contribution in [1.29, 1.82) is 0 Å². The van der Waals surface area contributed by atoms with Crippen LogP contribution in [0.15, 0.2) is 71.4 Å². The van der Waals surface area contributed by atoms with Gasteiger partial charge in [-0.2, -0.15) is 10.1 Å². The van der Waals surface area contributed by atoms with Gasteiger partial charge in [-0.15, -0.1) is 0 Å². The summed E-state index contributed by atoms with van der Waals surface area (Å²) in [4.78, 5) is 16.8. The summed E-state index contributed by atoms with van der Waals surface area (Å²) in [5.74, 6) is 1.50. The fourth-order valence-corrected chi connectivity index (χ4v) is 3.10. The zero-order valence-electron chi connectivity index (χ0n) is 16.8. The van der Waals surface area contributed by atoms with E-state index in [4.69, 9.17) is 4.52 Å². The number of carbonyl (C=O) groups is 1. The minimum atomic E-state index is -0.127. The maximum Gasteiger partial charge on any atom is 0.227 e. The lowest BCUT2D eigenvalue weighted by molar-refractivity contribution is -0.116. The molecule has 2 aromatic carbocycles. The monoisotopic (exact) mass is 401 g/mol. The van der Waals surface area contributed by atoms with Crippen molar-refractivity contribution < 1.29 is 9.32 Å². The van der Waals surface area contributed by atoms with Crippen LogP contribution < -0.4 is 5.32 Å². The molecular weight excluding hydrogens is 378 g/mol. The molecule has 0 bridgehead atoms. The molecule has 0 saturated carbocycles. The van der Waals surface area contributed by atoms with E-state index >= 15 is 0 Å². The number of benzene rings is 2. The molecule has 0 aliphatic rings. The Bertz CT molecular complexity index is 1100. The lowest BCUT2D eigenvalue weighted by Crippen LogP contribution is -2.16. The van der Waals surface area contributed by atoms with E-state index in [9.17, 15) is 4.79 Å². The van der Waals surface area contributed by atoms with Crippen LogP contribution in [0.25, 0.3) is 11.4 Å². The van der Waals surface area contributed by atoms with Crippen LogP contribution in [0.5, 0.6) is 0 Å². The first-order valence-electron chi connectivity index (χ1n) is 9.99. The van der Waals surface area contributed by atoms with Gasteiger partial charge in [0.05, 0.1) is 12.7 Å². The highest BCUT2D eigenvalue weighted by Crippen LogP contribution is 2.16. The zero-order valence-corrected chi connectivity index (χ0v) is 16.8. The molecule has 0 fully saturated rings. The average molecular weight is 401 g/mol. The predicted molar refractivity (Wildman–Crippen MR) is 114 cm³/mol. The van der Waals surface area contributed by atoms with Gasteiger partial charge in [0.2, 0.25) is 17.6 Å². The highest BCUT2D eigenvalue weighted by atomic mass is 16.5. The Morgan fingerprint density at radius 3 is 2.57 bits per heavy atom. The van der Waals surface area contributed by atoms with Gasteiger partial charge >= 0.3 is 0 Å². The van der Waals surface area contributed by atoms with Gasteiger partial charge in [-0.25, -0.2) is 4.68 Å². The van der Waals surface area contributed by atoms with E-state index in [0.717, 1.165) is 17.5 Å². The first kappa shape index (κ1) is 19.6. The highest BCUT2D eigenvalue weighted by molar-refractivity contribution is 5.89.